The molecule has 1 aromatic rings. The summed E-state index contributed by atoms with van der Waals surface area (Å²) in [7, 11) is 0. The molecule has 2 aliphatic rings. The number of piperidine rings is 2. The normalized spacial score (nSPS) is 21.6. The zero-order chi connectivity index (χ0) is 17.0. The first-order chi connectivity index (χ1) is 11.6. The van der Waals surface area contributed by atoms with Crippen molar-refractivity contribution in [2.24, 2.45) is 5.41 Å². The average molecular weight is 354 g/mol. The van der Waals surface area contributed by atoms with Crippen molar-refractivity contribution < 1.29 is 14.4 Å². The molecule has 7 nitrogen and oxygen atoms in total. The molecule has 1 aromatic heterocycles. The molecule has 1 spiro atoms. The van der Waals surface area contributed by atoms with Gasteiger partial charge in [-0.1, -0.05) is 5.16 Å². The van der Waals surface area contributed by atoms with Gasteiger partial charge in [-0.15, -0.1) is 0 Å². The number of β-amino-alcohol motifs (C(OH)–C–C–N with tert-alkyl or cyclic N) is 1. The molecule has 134 valence electrons. The van der Waals surface area contributed by atoms with Gasteiger partial charge in [0, 0.05) is 19.5 Å². The number of thioether (sulfide) groups is 1. The Balaban J connectivity index is 1.52. The standard InChI is InChI=1S/C16H26N4O3S/c1-24-11-13-17-14(23-18-13)10-19-6-4-16(5-7-19)3-2-15(22)20(12-16)8-9-21/h21H,2-12H2,1H3. The minimum absolute atomic E-state index is 0.0451. The second-order valence-electron chi connectivity index (χ2n) is 6.85. The molecule has 1 amide bonds. The number of hydrogen-bond donors (Lipinski definition) is 1. The Morgan fingerprint density at radius 3 is 2.83 bits per heavy atom. The fourth-order valence-corrected chi connectivity index (χ4v) is 4.13. The second-order valence-corrected chi connectivity index (χ2v) is 7.72. The predicted octanol–water partition coefficient (Wildman–Crippen LogP) is 1.13. The van der Waals surface area contributed by atoms with Gasteiger partial charge in [-0.05, 0) is 44.0 Å². The summed E-state index contributed by atoms with van der Waals surface area (Å²) in [6.45, 7) is 3.98. The molecule has 1 N–H and O–H groups in total. The van der Waals surface area contributed by atoms with E-state index in [9.17, 15) is 4.79 Å². The first-order valence-corrected chi connectivity index (χ1v) is 9.95. The number of amides is 1. The van der Waals surface area contributed by atoms with Crippen LogP contribution in [0.15, 0.2) is 4.52 Å². The van der Waals surface area contributed by atoms with Gasteiger partial charge in [-0.3, -0.25) is 9.69 Å². The number of carbonyl (C=O) groups excluding carboxylic acids is 1. The third kappa shape index (κ3) is 4.10. The monoisotopic (exact) mass is 354 g/mol. The molecule has 24 heavy (non-hydrogen) atoms. The first-order valence-electron chi connectivity index (χ1n) is 8.55. The summed E-state index contributed by atoms with van der Waals surface area (Å²) >= 11 is 1.68. The fourth-order valence-electron chi connectivity index (χ4n) is 3.75. The van der Waals surface area contributed by atoms with E-state index in [1.54, 1.807) is 11.8 Å². The zero-order valence-corrected chi connectivity index (χ0v) is 15.1. The van der Waals surface area contributed by atoms with E-state index in [0.717, 1.165) is 50.5 Å². The maximum absolute atomic E-state index is 11.9. The van der Waals surface area contributed by atoms with Crippen molar-refractivity contribution in [2.75, 3.05) is 39.0 Å². The van der Waals surface area contributed by atoms with Crippen molar-refractivity contribution in [3.8, 4) is 0 Å². The maximum atomic E-state index is 11.9. The number of rotatable bonds is 6. The van der Waals surface area contributed by atoms with Crippen LogP contribution in [0.4, 0.5) is 0 Å². The van der Waals surface area contributed by atoms with E-state index in [2.05, 4.69) is 15.0 Å². The minimum Gasteiger partial charge on any atom is -0.395 e. The molecule has 3 heterocycles. The van der Waals surface area contributed by atoms with Crippen LogP contribution >= 0.6 is 11.8 Å². The van der Waals surface area contributed by atoms with Crippen LogP contribution in [0.1, 0.15) is 37.4 Å². The van der Waals surface area contributed by atoms with Crippen LogP contribution in [0, 0.1) is 5.41 Å². The molecule has 0 aromatic carbocycles. The van der Waals surface area contributed by atoms with Gasteiger partial charge in [0.2, 0.25) is 11.8 Å². The minimum atomic E-state index is 0.0451. The third-order valence-corrected chi connectivity index (χ3v) is 5.72. The first kappa shape index (κ1) is 17.7. The van der Waals surface area contributed by atoms with E-state index in [1.165, 1.54) is 0 Å². The number of aromatic nitrogens is 2. The summed E-state index contributed by atoms with van der Waals surface area (Å²) in [6.07, 6.45) is 5.76. The largest absolute Gasteiger partial charge is 0.395 e. The summed E-state index contributed by atoms with van der Waals surface area (Å²) in [4.78, 5) is 20.6. The Labute approximate surface area is 146 Å². The molecule has 0 unspecified atom stereocenters. The summed E-state index contributed by atoms with van der Waals surface area (Å²) in [6, 6.07) is 0. The zero-order valence-electron chi connectivity index (χ0n) is 14.2. The number of carbonyl (C=O) groups is 1. The lowest BCUT2D eigenvalue weighted by molar-refractivity contribution is -0.139. The van der Waals surface area contributed by atoms with Crippen molar-refractivity contribution in [2.45, 2.75) is 38.0 Å². The molecule has 2 saturated heterocycles. The molecule has 2 aliphatic heterocycles. The Bertz CT molecular complexity index is 557. The summed E-state index contributed by atoms with van der Waals surface area (Å²) in [5.41, 5.74) is 0.221. The van der Waals surface area contributed by atoms with Crippen LogP contribution in [0.5, 0.6) is 0 Å². The molecular weight excluding hydrogens is 328 g/mol. The number of aliphatic hydroxyl groups is 1. The highest BCUT2D eigenvalue weighted by atomic mass is 32.2. The highest BCUT2D eigenvalue weighted by Gasteiger charge is 2.40. The van der Waals surface area contributed by atoms with Crippen molar-refractivity contribution in [3.63, 3.8) is 0 Å². The Morgan fingerprint density at radius 1 is 1.33 bits per heavy atom. The van der Waals surface area contributed by atoms with Crippen LogP contribution in [-0.2, 0) is 17.1 Å². The van der Waals surface area contributed by atoms with E-state index in [-0.39, 0.29) is 17.9 Å². The Kier molecular flexibility index (Phi) is 5.78. The van der Waals surface area contributed by atoms with Crippen LogP contribution in [-0.4, -0.2) is 70.0 Å². The number of likely N-dealkylation sites (tertiary alicyclic amines) is 2. The molecular formula is C16H26N4O3S. The third-order valence-electron chi connectivity index (χ3n) is 5.18. The van der Waals surface area contributed by atoms with Gasteiger partial charge in [0.05, 0.1) is 18.9 Å². The topological polar surface area (TPSA) is 82.7 Å². The molecule has 0 aliphatic carbocycles. The van der Waals surface area contributed by atoms with Gasteiger partial charge in [-0.2, -0.15) is 16.7 Å². The van der Waals surface area contributed by atoms with Gasteiger partial charge in [-0.25, -0.2) is 0 Å². The lowest BCUT2D eigenvalue weighted by Crippen LogP contribution is -2.51. The lowest BCUT2D eigenvalue weighted by Gasteiger charge is -2.47. The average Bonchev–Trinajstić information content (AvgIpc) is 3.01. The molecule has 0 radical (unpaired) electrons. The highest BCUT2D eigenvalue weighted by Crippen LogP contribution is 2.40. The van der Waals surface area contributed by atoms with Crippen LogP contribution in [0.3, 0.4) is 0 Å². The summed E-state index contributed by atoms with van der Waals surface area (Å²) in [5.74, 6) is 2.41. The van der Waals surface area contributed by atoms with E-state index >= 15 is 0 Å². The van der Waals surface area contributed by atoms with E-state index in [4.69, 9.17) is 9.63 Å². The second kappa shape index (κ2) is 7.84. The quantitative estimate of drug-likeness (QED) is 0.820. The van der Waals surface area contributed by atoms with Crippen molar-refractivity contribution in [1.82, 2.24) is 19.9 Å². The van der Waals surface area contributed by atoms with Crippen LogP contribution < -0.4 is 0 Å². The maximum Gasteiger partial charge on any atom is 0.240 e. The van der Waals surface area contributed by atoms with Gasteiger partial charge in [0.1, 0.15) is 0 Å². The van der Waals surface area contributed by atoms with Crippen LogP contribution in [0.25, 0.3) is 0 Å². The predicted molar refractivity (Wildman–Crippen MR) is 91.4 cm³/mol. The molecule has 2 fully saturated rings. The van der Waals surface area contributed by atoms with Crippen LogP contribution in [0.2, 0.25) is 0 Å². The SMILES string of the molecule is CSCc1noc(CN2CCC3(CCC(=O)N(CCO)C3)CC2)n1. The summed E-state index contributed by atoms with van der Waals surface area (Å²) in [5, 5.41) is 13.1. The number of hydrogen-bond acceptors (Lipinski definition) is 7. The Morgan fingerprint density at radius 2 is 2.12 bits per heavy atom. The highest BCUT2D eigenvalue weighted by molar-refractivity contribution is 7.97. The van der Waals surface area contributed by atoms with E-state index < -0.39 is 0 Å². The molecule has 0 saturated carbocycles. The fraction of sp³-hybridized carbons (Fsp3) is 0.812. The number of aliphatic hydroxyl groups excluding tert-OH is 1. The number of nitrogens with zero attached hydrogens (tertiary/aromatic N) is 4. The molecule has 0 atom stereocenters. The Hall–Kier alpha value is -1.12. The van der Waals surface area contributed by atoms with Gasteiger partial charge < -0.3 is 14.5 Å². The van der Waals surface area contributed by atoms with Gasteiger partial charge in [0.25, 0.3) is 0 Å². The van der Waals surface area contributed by atoms with E-state index in [1.807, 2.05) is 11.2 Å². The summed E-state index contributed by atoms with van der Waals surface area (Å²) < 4.78 is 5.32. The van der Waals surface area contributed by atoms with Crippen molar-refractivity contribution in [1.29, 1.82) is 0 Å². The molecule has 0 bridgehead atoms. The molecule has 8 heteroatoms. The van der Waals surface area contributed by atoms with Gasteiger partial charge >= 0.3 is 0 Å². The lowest BCUT2D eigenvalue weighted by atomic mass is 9.72. The van der Waals surface area contributed by atoms with Gasteiger partial charge in [0.15, 0.2) is 5.82 Å². The van der Waals surface area contributed by atoms with E-state index in [0.29, 0.717) is 25.4 Å². The van der Waals surface area contributed by atoms with Crippen molar-refractivity contribution >= 4 is 17.7 Å². The smallest absolute Gasteiger partial charge is 0.240 e. The molecule has 3 rings (SSSR count). The van der Waals surface area contributed by atoms with Crippen molar-refractivity contribution in [3.05, 3.63) is 11.7 Å².